The van der Waals surface area contributed by atoms with Crippen LogP contribution in [0, 0.1) is 0 Å². The van der Waals surface area contributed by atoms with E-state index in [4.69, 9.17) is 14.5 Å². The van der Waals surface area contributed by atoms with Gasteiger partial charge in [-0.15, -0.1) is 0 Å². The molecule has 1 saturated heterocycles. The normalized spacial score (nSPS) is 22.3. The number of pyridine rings is 1. The van der Waals surface area contributed by atoms with E-state index in [1.807, 2.05) is 17.2 Å². The van der Waals surface area contributed by atoms with Crippen LogP contribution in [0.3, 0.4) is 0 Å². The number of hydrogen-bond acceptors (Lipinski definition) is 6. The fourth-order valence-electron chi connectivity index (χ4n) is 5.62. The summed E-state index contributed by atoms with van der Waals surface area (Å²) in [7, 11) is 1.74. The molecule has 33 heavy (non-hydrogen) atoms. The molecule has 8 nitrogen and oxygen atoms in total. The van der Waals surface area contributed by atoms with E-state index in [-0.39, 0.29) is 17.4 Å². The summed E-state index contributed by atoms with van der Waals surface area (Å²) in [5.41, 5.74) is 1.47. The Balaban J connectivity index is 1.28. The molecule has 5 heterocycles. The summed E-state index contributed by atoms with van der Waals surface area (Å²) < 4.78 is 14.2. The second-order valence-electron chi connectivity index (χ2n) is 10.0. The van der Waals surface area contributed by atoms with Crippen molar-refractivity contribution >= 4 is 11.7 Å². The number of anilines is 1. The third-order valence-corrected chi connectivity index (χ3v) is 7.79. The molecule has 3 aliphatic heterocycles. The van der Waals surface area contributed by atoms with Crippen LogP contribution in [0.15, 0.2) is 24.5 Å². The molecular weight excluding hydrogens is 418 g/mol. The van der Waals surface area contributed by atoms with E-state index in [1.165, 1.54) is 0 Å². The predicted molar refractivity (Wildman–Crippen MR) is 125 cm³/mol. The van der Waals surface area contributed by atoms with Gasteiger partial charge in [-0.1, -0.05) is 12.5 Å². The summed E-state index contributed by atoms with van der Waals surface area (Å²) in [6.45, 7) is 6.95. The van der Waals surface area contributed by atoms with Crippen LogP contribution in [-0.2, 0) is 32.0 Å². The zero-order valence-electron chi connectivity index (χ0n) is 20.0. The van der Waals surface area contributed by atoms with Crippen LogP contribution in [0.25, 0.3) is 0 Å². The van der Waals surface area contributed by atoms with Crippen molar-refractivity contribution in [2.24, 2.45) is 0 Å². The number of amides is 1. The largest absolute Gasteiger partial charge is 0.373 e. The Morgan fingerprint density at radius 2 is 2.09 bits per heavy atom. The van der Waals surface area contributed by atoms with Crippen molar-refractivity contribution in [1.82, 2.24) is 19.4 Å². The fraction of sp³-hybridized carbons (Fsp3) is 0.640. The molecular formula is C25H35N5O3. The molecule has 5 rings (SSSR count). The Hall–Kier alpha value is -2.45. The van der Waals surface area contributed by atoms with Crippen molar-refractivity contribution in [1.29, 1.82) is 0 Å². The molecule has 0 aliphatic carbocycles. The van der Waals surface area contributed by atoms with Gasteiger partial charge >= 0.3 is 0 Å². The molecule has 0 saturated carbocycles. The van der Waals surface area contributed by atoms with Gasteiger partial charge in [-0.2, -0.15) is 0 Å². The predicted octanol–water partition coefficient (Wildman–Crippen LogP) is 3.73. The summed E-state index contributed by atoms with van der Waals surface area (Å²) in [5, 5.41) is 3.22. The molecule has 1 amide bonds. The third kappa shape index (κ3) is 4.04. The van der Waals surface area contributed by atoms with Crippen LogP contribution >= 0.6 is 0 Å². The van der Waals surface area contributed by atoms with E-state index in [2.05, 4.69) is 34.8 Å². The van der Waals surface area contributed by atoms with Crippen molar-refractivity contribution in [2.45, 2.75) is 76.0 Å². The summed E-state index contributed by atoms with van der Waals surface area (Å²) in [6, 6.07) is 4.05. The first kappa shape index (κ1) is 22.3. The number of carbonyl (C=O) groups is 1. The number of rotatable bonds is 4. The molecule has 0 aromatic carbocycles. The van der Waals surface area contributed by atoms with E-state index in [9.17, 15) is 4.79 Å². The van der Waals surface area contributed by atoms with Crippen LogP contribution in [0.1, 0.15) is 75.4 Å². The second-order valence-corrected chi connectivity index (χ2v) is 10.0. The van der Waals surface area contributed by atoms with E-state index in [0.717, 1.165) is 61.5 Å². The average Bonchev–Trinajstić information content (AvgIpc) is 3.17. The lowest BCUT2D eigenvalue weighted by atomic mass is 9.83. The summed E-state index contributed by atoms with van der Waals surface area (Å²) >= 11 is 0. The van der Waals surface area contributed by atoms with E-state index in [0.29, 0.717) is 26.2 Å². The Labute approximate surface area is 195 Å². The van der Waals surface area contributed by atoms with E-state index >= 15 is 0 Å². The standard InChI is InChI=1S/C25H35N5O3/c1-24(2,32-3)20-16-27-23-18(7-4-5-12-30(20)23)15-21(31)29-13-9-25(10-14-29)19-8-6-11-26-22(19)28-17-33-25/h6,8,11,16,18H,4-5,7,9-10,12-15,17H2,1-3H3,(H,26,28). The van der Waals surface area contributed by atoms with Crippen LogP contribution < -0.4 is 5.32 Å². The van der Waals surface area contributed by atoms with Crippen molar-refractivity contribution in [3.05, 3.63) is 41.6 Å². The number of fused-ring (bicyclic) bond motifs is 3. The van der Waals surface area contributed by atoms with E-state index in [1.54, 1.807) is 13.3 Å². The highest BCUT2D eigenvalue weighted by molar-refractivity contribution is 5.77. The maximum Gasteiger partial charge on any atom is 0.223 e. The molecule has 3 aliphatic rings. The lowest BCUT2D eigenvalue weighted by molar-refractivity contribution is -0.140. The van der Waals surface area contributed by atoms with Crippen molar-refractivity contribution in [2.75, 3.05) is 32.2 Å². The molecule has 1 spiro atoms. The molecule has 8 heteroatoms. The van der Waals surface area contributed by atoms with Gasteiger partial charge in [0.05, 0.1) is 11.9 Å². The van der Waals surface area contributed by atoms with Gasteiger partial charge in [0.1, 0.15) is 29.6 Å². The molecule has 2 aromatic heterocycles. The smallest absolute Gasteiger partial charge is 0.223 e. The number of nitrogens with zero attached hydrogens (tertiary/aromatic N) is 4. The Morgan fingerprint density at radius 1 is 1.27 bits per heavy atom. The summed E-state index contributed by atoms with van der Waals surface area (Å²) in [5.74, 6) is 2.32. The van der Waals surface area contributed by atoms with Crippen molar-refractivity contribution < 1.29 is 14.3 Å². The number of nitrogens with one attached hydrogen (secondary N) is 1. The molecule has 2 aromatic rings. The van der Waals surface area contributed by atoms with Crippen molar-refractivity contribution in [3.63, 3.8) is 0 Å². The Bertz CT molecular complexity index is 1010. The SMILES string of the molecule is COC(C)(C)c1cnc2n1CCCCC2CC(=O)N1CCC2(CC1)OCNc1ncccc12. The van der Waals surface area contributed by atoms with Gasteiger partial charge < -0.3 is 24.3 Å². The van der Waals surface area contributed by atoms with Gasteiger partial charge in [0.25, 0.3) is 0 Å². The number of aromatic nitrogens is 3. The minimum absolute atomic E-state index is 0.150. The average molecular weight is 454 g/mol. The van der Waals surface area contributed by atoms with Gasteiger partial charge in [0.2, 0.25) is 5.91 Å². The third-order valence-electron chi connectivity index (χ3n) is 7.79. The van der Waals surface area contributed by atoms with Gasteiger partial charge in [0, 0.05) is 50.8 Å². The van der Waals surface area contributed by atoms with Crippen LogP contribution in [0.2, 0.25) is 0 Å². The van der Waals surface area contributed by atoms with E-state index < -0.39 is 5.60 Å². The zero-order chi connectivity index (χ0) is 23.1. The first-order chi connectivity index (χ1) is 15.9. The molecule has 0 bridgehead atoms. The number of hydrogen-bond donors (Lipinski definition) is 1. The highest BCUT2D eigenvalue weighted by Gasteiger charge is 2.42. The van der Waals surface area contributed by atoms with Gasteiger partial charge in [-0.3, -0.25) is 4.79 Å². The maximum absolute atomic E-state index is 13.4. The quantitative estimate of drug-likeness (QED) is 0.760. The van der Waals surface area contributed by atoms with Crippen LogP contribution in [0.4, 0.5) is 5.82 Å². The highest BCUT2D eigenvalue weighted by Crippen LogP contribution is 2.42. The zero-order valence-corrected chi connectivity index (χ0v) is 20.0. The first-order valence-corrected chi connectivity index (χ1v) is 12.2. The molecule has 1 unspecified atom stereocenters. The van der Waals surface area contributed by atoms with Gasteiger partial charge in [-0.05, 0) is 45.6 Å². The summed E-state index contributed by atoms with van der Waals surface area (Å²) in [6.07, 6.45) is 9.06. The van der Waals surface area contributed by atoms with Gasteiger partial charge in [-0.25, -0.2) is 9.97 Å². The van der Waals surface area contributed by atoms with Crippen LogP contribution in [0.5, 0.6) is 0 Å². The fourth-order valence-corrected chi connectivity index (χ4v) is 5.62. The number of ether oxygens (including phenoxy) is 2. The first-order valence-electron chi connectivity index (χ1n) is 12.2. The lowest BCUT2D eigenvalue weighted by Crippen LogP contribution is -2.49. The number of carbonyl (C=O) groups excluding carboxylic acids is 1. The number of likely N-dealkylation sites (tertiary alicyclic amines) is 1. The Morgan fingerprint density at radius 3 is 2.88 bits per heavy atom. The maximum atomic E-state index is 13.4. The molecule has 178 valence electrons. The molecule has 0 radical (unpaired) electrons. The van der Waals surface area contributed by atoms with Crippen molar-refractivity contribution in [3.8, 4) is 0 Å². The highest BCUT2D eigenvalue weighted by atomic mass is 16.5. The number of methoxy groups -OCH3 is 1. The Kier molecular flexibility index (Phi) is 5.91. The number of piperidine rings is 1. The molecule has 1 N–H and O–H groups in total. The molecule has 1 atom stereocenters. The lowest BCUT2D eigenvalue weighted by Gasteiger charge is -2.44. The second kappa shape index (κ2) is 8.72. The topological polar surface area (TPSA) is 81.5 Å². The number of imidazole rings is 1. The van der Waals surface area contributed by atoms with Crippen LogP contribution in [-0.4, -0.2) is 52.3 Å². The monoisotopic (exact) mass is 453 g/mol. The van der Waals surface area contributed by atoms with Gasteiger partial charge in [0.15, 0.2) is 0 Å². The summed E-state index contributed by atoms with van der Waals surface area (Å²) in [4.78, 5) is 24.6. The minimum atomic E-state index is -0.397. The molecule has 1 fully saturated rings. The minimum Gasteiger partial charge on any atom is -0.373 e.